The van der Waals surface area contributed by atoms with E-state index in [2.05, 4.69) is 0 Å². The van der Waals surface area contributed by atoms with Crippen LogP contribution in [0.15, 0.2) is 42.5 Å². The number of rotatable bonds is 7. The third-order valence-corrected chi connectivity index (χ3v) is 3.65. The summed E-state index contributed by atoms with van der Waals surface area (Å²) in [5.74, 6) is -0.132. The van der Waals surface area contributed by atoms with Gasteiger partial charge < -0.3 is 19.7 Å². The molecule has 0 unspecified atom stereocenters. The van der Waals surface area contributed by atoms with E-state index in [0.29, 0.717) is 18.7 Å². The van der Waals surface area contributed by atoms with E-state index in [1.54, 1.807) is 11.0 Å². The Labute approximate surface area is 130 Å². The first-order valence-corrected chi connectivity index (χ1v) is 7.41. The summed E-state index contributed by atoms with van der Waals surface area (Å²) in [7, 11) is 1.86. The predicted octanol–water partition coefficient (Wildman–Crippen LogP) is 1.51. The molecule has 0 saturated carbocycles. The molecule has 0 fully saturated rings. The molecule has 118 valence electrons. The standard InChI is InChI=1S/C17H22N2O3/c1-18-15(14-6-3-2-4-7-14)8-9-16(18)17(22)19(11-13-21)10-5-12-20/h2-4,6-9,20-21H,5,10-13H2,1H3. The van der Waals surface area contributed by atoms with Crippen LogP contribution in [0, 0.1) is 0 Å². The smallest absolute Gasteiger partial charge is 0.270 e. The Morgan fingerprint density at radius 3 is 2.41 bits per heavy atom. The number of hydrogen-bond acceptors (Lipinski definition) is 3. The Morgan fingerprint density at radius 1 is 1.05 bits per heavy atom. The van der Waals surface area contributed by atoms with Crippen LogP contribution in [-0.2, 0) is 7.05 Å². The second-order valence-corrected chi connectivity index (χ2v) is 5.12. The van der Waals surface area contributed by atoms with Gasteiger partial charge in [-0.25, -0.2) is 0 Å². The van der Waals surface area contributed by atoms with Crippen molar-refractivity contribution in [2.75, 3.05) is 26.3 Å². The summed E-state index contributed by atoms with van der Waals surface area (Å²) in [6, 6.07) is 13.6. The minimum absolute atomic E-state index is 0.0254. The largest absolute Gasteiger partial charge is 0.396 e. The Morgan fingerprint density at radius 2 is 1.77 bits per heavy atom. The van der Waals surface area contributed by atoms with Crippen LogP contribution in [0.3, 0.4) is 0 Å². The minimum atomic E-state index is -0.132. The molecule has 0 atom stereocenters. The first-order valence-electron chi connectivity index (χ1n) is 7.41. The van der Waals surface area contributed by atoms with E-state index in [1.807, 2.05) is 48.0 Å². The number of carbonyl (C=O) groups is 1. The number of aliphatic hydroxyl groups excluding tert-OH is 2. The maximum Gasteiger partial charge on any atom is 0.270 e. The van der Waals surface area contributed by atoms with Crippen molar-refractivity contribution in [2.24, 2.45) is 7.05 Å². The lowest BCUT2D eigenvalue weighted by Crippen LogP contribution is -2.35. The van der Waals surface area contributed by atoms with Crippen molar-refractivity contribution in [3.05, 3.63) is 48.2 Å². The Bertz CT molecular complexity index is 608. The molecule has 0 bridgehead atoms. The van der Waals surface area contributed by atoms with Crippen molar-refractivity contribution in [3.8, 4) is 11.3 Å². The molecule has 1 amide bonds. The maximum absolute atomic E-state index is 12.6. The van der Waals surface area contributed by atoms with Crippen molar-refractivity contribution in [1.29, 1.82) is 0 Å². The molecule has 0 aliphatic heterocycles. The van der Waals surface area contributed by atoms with Crippen LogP contribution in [0.2, 0.25) is 0 Å². The topological polar surface area (TPSA) is 65.7 Å². The molecule has 2 N–H and O–H groups in total. The number of amides is 1. The van der Waals surface area contributed by atoms with Gasteiger partial charge in [0.2, 0.25) is 0 Å². The average Bonchev–Trinajstić information content (AvgIpc) is 2.93. The van der Waals surface area contributed by atoms with Gasteiger partial charge in [0.1, 0.15) is 5.69 Å². The fourth-order valence-corrected chi connectivity index (χ4v) is 2.48. The highest BCUT2D eigenvalue weighted by molar-refractivity contribution is 5.94. The number of aromatic nitrogens is 1. The van der Waals surface area contributed by atoms with Gasteiger partial charge in [-0.2, -0.15) is 0 Å². The van der Waals surface area contributed by atoms with Gasteiger partial charge in [-0.05, 0) is 24.1 Å². The second kappa shape index (κ2) is 7.77. The summed E-state index contributed by atoms with van der Waals surface area (Å²) in [5.41, 5.74) is 2.59. The van der Waals surface area contributed by atoms with E-state index >= 15 is 0 Å². The van der Waals surface area contributed by atoms with Crippen molar-refractivity contribution < 1.29 is 15.0 Å². The molecule has 0 aliphatic rings. The van der Waals surface area contributed by atoms with Gasteiger partial charge in [-0.15, -0.1) is 0 Å². The van der Waals surface area contributed by atoms with Crippen LogP contribution in [0.4, 0.5) is 0 Å². The number of aliphatic hydroxyl groups is 2. The molecule has 2 aromatic rings. The van der Waals surface area contributed by atoms with Gasteiger partial charge >= 0.3 is 0 Å². The molecule has 2 rings (SSSR count). The Balaban J connectivity index is 2.25. The lowest BCUT2D eigenvalue weighted by Gasteiger charge is -2.22. The van der Waals surface area contributed by atoms with Crippen LogP contribution >= 0.6 is 0 Å². The molecule has 0 radical (unpaired) electrons. The second-order valence-electron chi connectivity index (χ2n) is 5.12. The zero-order chi connectivity index (χ0) is 15.9. The zero-order valence-electron chi connectivity index (χ0n) is 12.8. The summed E-state index contributed by atoms with van der Waals surface area (Å²) in [5, 5.41) is 18.1. The molecule has 22 heavy (non-hydrogen) atoms. The molecule has 1 aromatic carbocycles. The molecular weight excluding hydrogens is 280 g/mol. The van der Waals surface area contributed by atoms with Crippen LogP contribution in [0.25, 0.3) is 11.3 Å². The molecule has 5 nitrogen and oxygen atoms in total. The quantitative estimate of drug-likeness (QED) is 0.815. The van der Waals surface area contributed by atoms with Crippen LogP contribution < -0.4 is 0 Å². The summed E-state index contributed by atoms with van der Waals surface area (Å²) in [6.45, 7) is 0.636. The highest BCUT2D eigenvalue weighted by atomic mass is 16.3. The highest BCUT2D eigenvalue weighted by Gasteiger charge is 2.19. The molecule has 5 heteroatoms. The van der Waals surface area contributed by atoms with Crippen LogP contribution in [0.5, 0.6) is 0 Å². The van der Waals surface area contributed by atoms with Crippen molar-refractivity contribution in [1.82, 2.24) is 9.47 Å². The first-order chi connectivity index (χ1) is 10.7. The van der Waals surface area contributed by atoms with Gasteiger partial charge in [0, 0.05) is 32.4 Å². The first kappa shape index (κ1) is 16.3. The molecular formula is C17H22N2O3. The fourth-order valence-electron chi connectivity index (χ4n) is 2.48. The van der Waals surface area contributed by atoms with E-state index < -0.39 is 0 Å². The van der Waals surface area contributed by atoms with Crippen molar-refractivity contribution in [2.45, 2.75) is 6.42 Å². The van der Waals surface area contributed by atoms with Gasteiger partial charge in [-0.3, -0.25) is 4.79 Å². The van der Waals surface area contributed by atoms with E-state index in [-0.39, 0.29) is 25.7 Å². The Kier molecular flexibility index (Phi) is 5.75. The molecule has 0 aliphatic carbocycles. The van der Waals surface area contributed by atoms with E-state index in [0.717, 1.165) is 11.3 Å². The summed E-state index contributed by atoms with van der Waals surface area (Å²) >= 11 is 0. The van der Waals surface area contributed by atoms with Gasteiger partial charge in [-0.1, -0.05) is 30.3 Å². The van der Waals surface area contributed by atoms with E-state index in [1.165, 1.54) is 0 Å². The number of carbonyl (C=O) groups excluding carboxylic acids is 1. The van der Waals surface area contributed by atoms with E-state index in [4.69, 9.17) is 10.2 Å². The monoisotopic (exact) mass is 302 g/mol. The van der Waals surface area contributed by atoms with Gasteiger partial charge in [0.25, 0.3) is 5.91 Å². The molecule has 0 saturated heterocycles. The number of hydrogen-bond donors (Lipinski definition) is 2. The van der Waals surface area contributed by atoms with E-state index in [9.17, 15) is 4.79 Å². The maximum atomic E-state index is 12.6. The Hall–Kier alpha value is -2.11. The van der Waals surface area contributed by atoms with Gasteiger partial charge in [0.15, 0.2) is 0 Å². The van der Waals surface area contributed by atoms with Crippen LogP contribution in [-0.4, -0.2) is 51.9 Å². The average molecular weight is 302 g/mol. The summed E-state index contributed by atoms with van der Waals surface area (Å²) < 4.78 is 1.86. The SMILES string of the molecule is Cn1c(C(=O)N(CCO)CCCO)ccc1-c1ccccc1. The fraction of sp³-hybridized carbons (Fsp3) is 0.353. The van der Waals surface area contributed by atoms with Gasteiger partial charge in [0.05, 0.1) is 6.61 Å². The van der Waals surface area contributed by atoms with Crippen molar-refractivity contribution in [3.63, 3.8) is 0 Å². The van der Waals surface area contributed by atoms with Crippen molar-refractivity contribution >= 4 is 5.91 Å². The molecule has 0 spiro atoms. The zero-order valence-corrected chi connectivity index (χ0v) is 12.8. The normalized spacial score (nSPS) is 10.7. The summed E-state index contributed by atoms with van der Waals surface area (Å²) in [6.07, 6.45) is 0.502. The predicted molar refractivity (Wildman–Crippen MR) is 85.5 cm³/mol. The number of nitrogens with zero attached hydrogens (tertiary/aromatic N) is 2. The third kappa shape index (κ3) is 3.55. The lowest BCUT2D eigenvalue weighted by atomic mass is 10.2. The molecule has 1 aromatic heterocycles. The summed E-state index contributed by atoms with van der Waals surface area (Å²) in [4.78, 5) is 14.2. The third-order valence-electron chi connectivity index (χ3n) is 3.65. The molecule has 1 heterocycles. The number of benzene rings is 1. The minimum Gasteiger partial charge on any atom is -0.396 e. The lowest BCUT2D eigenvalue weighted by molar-refractivity contribution is 0.0700. The highest BCUT2D eigenvalue weighted by Crippen LogP contribution is 2.22. The van der Waals surface area contributed by atoms with Crippen LogP contribution in [0.1, 0.15) is 16.9 Å².